The number of pyridine rings is 1. The number of aryl methyl sites for hydroxylation is 1. The fourth-order valence-corrected chi connectivity index (χ4v) is 3.51. The van der Waals surface area contributed by atoms with Gasteiger partial charge in [0.2, 0.25) is 0 Å². The lowest BCUT2D eigenvalue weighted by Crippen LogP contribution is -2.24. The van der Waals surface area contributed by atoms with Crippen LogP contribution in [-0.2, 0) is 6.54 Å². The Hall–Kier alpha value is -1.39. The molecule has 1 atom stereocenters. The van der Waals surface area contributed by atoms with Crippen molar-refractivity contribution in [2.24, 2.45) is 0 Å². The summed E-state index contributed by atoms with van der Waals surface area (Å²) in [6.07, 6.45) is 2.90. The summed E-state index contributed by atoms with van der Waals surface area (Å²) in [6, 6.07) is 9.39. The highest BCUT2D eigenvalue weighted by molar-refractivity contribution is 7.99. The van der Waals surface area contributed by atoms with Crippen molar-refractivity contribution in [2.45, 2.75) is 30.8 Å². The molecule has 0 saturated carbocycles. The first-order valence-corrected chi connectivity index (χ1v) is 7.78. The first kappa shape index (κ1) is 13.6. The number of nitrogens with one attached hydrogen (secondary N) is 1. The van der Waals surface area contributed by atoms with Gasteiger partial charge in [-0.05, 0) is 54.5 Å². The van der Waals surface area contributed by atoms with Crippen molar-refractivity contribution in [1.29, 1.82) is 0 Å². The topological polar surface area (TPSA) is 24.9 Å². The van der Waals surface area contributed by atoms with E-state index in [0.717, 1.165) is 29.0 Å². The van der Waals surface area contributed by atoms with Crippen LogP contribution in [0.15, 0.2) is 41.4 Å². The Labute approximate surface area is 122 Å². The molecule has 0 radical (unpaired) electrons. The summed E-state index contributed by atoms with van der Waals surface area (Å²) in [5, 5.41) is 3.50. The Balaban J connectivity index is 1.73. The molecule has 20 heavy (non-hydrogen) atoms. The van der Waals surface area contributed by atoms with Crippen LogP contribution in [0, 0.1) is 12.7 Å². The third-order valence-corrected chi connectivity index (χ3v) is 4.64. The zero-order valence-electron chi connectivity index (χ0n) is 11.4. The second-order valence-electron chi connectivity index (χ2n) is 5.08. The van der Waals surface area contributed by atoms with Crippen LogP contribution in [0.5, 0.6) is 0 Å². The summed E-state index contributed by atoms with van der Waals surface area (Å²) < 4.78 is 13.4. The van der Waals surface area contributed by atoms with Crippen LogP contribution >= 0.6 is 11.8 Å². The summed E-state index contributed by atoms with van der Waals surface area (Å²) in [5.74, 6) is 0.906. The third-order valence-electron chi connectivity index (χ3n) is 3.51. The molecule has 1 N–H and O–H groups in total. The van der Waals surface area contributed by atoms with Crippen LogP contribution in [-0.4, -0.2) is 10.7 Å². The van der Waals surface area contributed by atoms with Crippen molar-refractivity contribution in [3.05, 3.63) is 59.2 Å². The summed E-state index contributed by atoms with van der Waals surface area (Å²) in [6.45, 7) is 2.74. The number of halogens is 1. The zero-order valence-corrected chi connectivity index (χ0v) is 12.2. The lowest BCUT2D eigenvalue weighted by molar-refractivity contribution is 0.500. The molecular weight excluding hydrogens is 271 g/mol. The van der Waals surface area contributed by atoms with Gasteiger partial charge in [-0.2, -0.15) is 0 Å². The molecule has 0 bridgehead atoms. The third kappa shape index (κ3) is 3.02. The standard InChI is InChI=1S/C16H17FN2S/c1-11-2-4-13(18-9-11)10-19-15-6-7-20-16-5-3-12(17)8-14(15)16/h2-5,8-9,15,19H,6-7,10H2,1H3. The lowest BCUT2D eigenvalue weighted by Gasteiger charge is -2.26. The minimum Gasteiger partial charge on any atom is -0.304 e. The van der Waals surface area contributed by atoms with Gasteiger partial charge >= 0.3 is 0 Å². The number of hydrogen-bond donors (Lipinski definition) is 1. The highest BCUT2D eigenvalue weighted by Gasteiger charge is 2.20. The molecule has 2 heterocycles. The fraction of sp³-hybridized carbons (Fsp3) is 0.312. The number of rotatable bonds is 3. The van der Waals surface area contributed by atoms with E-state index >= 15 is 0 Å². The normalized spacial score (nSPS) is 17.8. The minimum absolute atomic E-state index is 0.161. The predicted molar refractivity (Wildman–Crippen MR) is 80.3 cm³/mol. The Bertz CT molecular complexity index is 598. The van der Waals surface area contributed by atoms with Crippen LogP contribution in [0.3, 0.4) is 0 Å². The molecule has 2 nitrogen and oxygen atoms in total. The Morgan fingerprint density at radius 3 is 3.05 bits per heavy atom. The second kappa shape index (κ2) is 5.94. The molecule has 2 aromatic rings. The van der Waals surface area contributed by atoms with Crippen molar-refractivity contribution in [3.8, 4) is 0 Å². The van der Waals surface area contributed by atoms with Crippen molar-refractivity contribution < 1.29 is 4.39 Å². The monoisotopic (exact) mass is 288 g/mol. The summed E-state index contributed by atoms with van der Waals surface area (Å²) >= 11 is 1.80. The maximum Gasteiger partial charge on any atom is 0.123 e. The molecule has 104 valence electrons. The summed E-state index contributed by atoms with van der Waals surface area (Å²) in [7, 11) is 0. The maximum atomic E-state index is 13.4. The molecule has 1 aromatic heterocycles. The van der Waals surface area contributed by atoms with Gasteiger partial charge in [0.15, 0.2) is 0 Å². The van der Waals surface area contributed by atoms with Gasteiger partial charge in [0.25, 0.3) is 0 Å². The van der Waals surface area contributed by atoms with Gasteiger partial charge in [-0.1, -0.05) is 6.07 Å². The number of thioether (sulfide) groups is 1. The molecule has 3 rings (SSSR count). The van der Waals surface area contributed by atoms with Crippen molar-refractivity contribution in [1.82, 2.24) is 10.3 Å². The van der Waals surface area contributed by atoms with E-state index in [1.807, 2.05) is 25.3 Å². The second-order valence-corrected chi connectivity index (χ2v) is 6.22. The molecule has 0 aliphatic carbocycles. The first-order chi connectivity index (χ1) is 9.72. The van der Waals surface area contributed by atoms with Gasteiger partial charge in [-0.3, -0.25) is 4.98 Å². The van der Waals surface area contributed by atoms with E-state index in [-0.39, 0.29) is 11.9 Å². The van der Waals surface area contributed by atoms with E-state index in [9.17, 15) is 4.39 Å². The maximum absolute atomic E-state index is 13.4. The van der Waals surface area contributed by atoms with Gasteiger partial charge in [0.1, 0.15) is 5.82 Å². The number of fused-ring (bicyclic) bond motifs is 1. The van der Waals surface area contributed by atoms with Crippen LogP contribution in [0.1, 0.15) is 29.3 Å². The quantitative estimate of drug-likeness (QED) is 0.928. The van der Waals surface area contributed by atoms with E-state index in [1.54, 1.807) is 17.8 Å². The predicted octanol–water partition coefficient (Wildman–Crippen LogP) is 3.86. The van der Waals surface area contributed by atoms with Crippen molar-refractivity contribution in [2.75, 3.05) is 5.75 Å². The van der Waals surface area contributed by atoms with Crippen LogP contribution in [0.2, 0.25) is 0 Å². The SMILES string of the molecule is Cc1ccc(CNC2CCSc3ccc(F)cc32)nc1. The van der Waals surface area contributed by atoms with E-state index in [2.05, 4.69) is 16.4 Å². The lowest BCUT2D eigenvalue weighted by atomic mass is 10.0. The zero-order chi connectivity index (χ0) is 13.9. The molecule has 0 amide bonds. The van der Waals surface area contributed by atoms with Crippen molar-refractivity contribution >= 4 is 11.8 Å². The highest BCUT2D eigenvalue weighted by atomic mass is 32.2. The molecule has 0 saturated heterocycles. The molecule has 1 aliphatic heterocycles. The van der Waals surface area contributed by atoms with Crippen LogP contribution in [0.25, 0.3) is 0 Å². The van der Waals surface area contributed by atoms with Crippen LogP contribution < -0.4 is 5.32 Å². The number of aromatic nitrogens is 1. The molecular formula is C16H17FN2S. The fourth-order valence-electron chi connectivity index (χ4n) is 2.41. The van der Waals surface area contributed by atoms with E-state index in [0.29, 0.717) is 6.54 Å². The Kier molecular flexibility index (Phi) is 4.03. The molecule has 1 aromatic carbocycles. The van der Waals surface area contributed by atoms with Crippen molar-refractivity contribution in [3.63, 3.8) is 0 Å². The first-order valence-electron chi connectivity index (χ1n) is 6.79. The Morgan fingerprint density at radius 1 is 1.35 bits per heavy atom. The average Bonchev–Trinajstić information content (AvgIpc) is 2.47. The summed E-state index contributed by atoms with van der Waals surface area (Å²) in [4.78, 5) is 5.58. The van der Waals surface area contributed by atoms with Gasteiger partial charge in [0, 0.05) is 23.7 Å². The van der Waals surface area contributed by atoms with Gasteiger partial charge < -0.3 is 5.32 Å². The summed E-state index contributed by atoms with van der Waals surface area (Å²) in [5.41, 5.74) is 3.26. The number of nitrogens with zero attached hydrogens (tertiary/aromatic N) is 1. The molecule has 1 unspecified atom stereocenters. The molecule has 1 aliphatic rings. The van der Waals surface area contributed by atoms with Crippen LogP contribution in [0.4, 0.5) is 4.39 Å². The Morgan fingerprint density at radius 2 is 2.25 bits per heavy atom. The van der Waals surface area contributed by atoms with Gasteiger partial charge in [-0.25, -0.2) is 4.39 Å². The largest absolute Gasteiger partial charge is 0.304 e. The smallest absolute Gasteiger partial charge is 0.123 e. The average molecular weight is 288 g/mol. The molecule has 0 fully saturated rings. The molecule has 0 spiro atoms. The number of hydrogen-bond acceptors (Lipinski definition) is 3. The van der Waals surface area contributed by atoms with Gasteiger partial charge in [0.05, 0.1) is 5.69 Å². The molecule has 4 heteroatoms. The highest BCUT2D eigenvalue weighted by Crippen LogP contribution is 2.36. The van der Waals surface area contributed by atoms with E-state index in [1.165, 1.54) is 11.0 Å². The van der Waals surface area contributed by atoms with E-state index in [4.69, 9.17) is 0 Å². The van der Waals surface area contributed by atoms with Gasteiger partial charge in [-0.15, -0.1) is 11.8 Å². The minimum atomic E-state index is -0.161. The van der Waals surface area contributed by atoms with E-state index < -0.39 is 0 Å². The number of benzene rings is 1.